The van der Waals surface area contributed by atoms with Gasteiger partial charge in [0.05, 0.1) is 7.11 Å². The molecule has 1 heterocycles. The van der Waals surface area contributed by atoms with Crippen LogP contribution in [0, 0.1) is 0 Å². The fourth-order valence-electron chi connectivity index (χ4n) is 3.08. The molecular weight excluding hydrogens is 394 g/mol. The minimum atomic E-state index is -0.263. The Kier molecular flexibility index (Phi) is 5.89. The number of aromatic nitrogens is 4. The zero-order valence-corrected chi connectivity index (χ0v) is 17.1. The van der Waals surface area contributed by atoms with Gasteiger partial charge in [-0.25, -0.2) is 4.68 Å². The second-order valence-corrected chi connectivity index (χ2v) is 6.80. The second kappa shape index (κ2) is 9.08. The molecule has 1 N–H and O–H groups in total. The maximum absolute atomic E-state index is 12.8. The molecule has 0 spiro atoms. The highest BCUT2D eigenvalue weighted by molar-refractivity contribution is 6.04. The lowest BCUT2D eigenvalue weighted by atomic mass is 10.1. The molecule has 0 aliphatic carbocycles. The summed E-state index contributed by atoms with van der Waals surface area (Å²) in [7, 11) is 3.30. The fraction of sp³-hybridized carbons (Fsp3) is 0.130. The first kappa shape index (κ1) is 20.1. The van der Waals surface area contributed by atoms with E-state index in [2.05, 4.69) is 20.8 Å². The van der Waals surface area contributed by atoms with Gasteiger partial charge in [0.25, 0.3) is 5.91 Å². The number of carbonyl (C=O) groups excluding carboxylic acids is 1. The highest BCUT2D eigenvalue weighted by Crippen LogP contribution is 2.29. The number of carbonyl (C=O) groups is 1. The topological polar surface area (TPSA) is 91.2 Å². The van der Waals surface area contributed by atoms with Gasteiger partial charge in [0.15, 0.2) is 17.3 Å². The Morgan fingerprint density at radius 1 is 1.00 bits per heavy atom. The Morgan fingerprint density at radius 3 is 2.58 bits per heavy atom. The first-order valence-electron chi connectivity index (χ1n) is 9.63. The summed E-state index contributed by atoms with van der Waals surface area (Å²) in [5.74, 6) is 1.40. The van der Waals surface area contributed by atoms with E-state index in [0.717, 1.165) is 11.1 Å². The SMILES string of the molecule is COc1cc(C(=O)Nc2cccc(-c3nnnn3C)c2)ccc1OCc1ccccc1. The number of methoxy groups -OCH3 is 1. The third kappa shape index (κ3) is 4.69. The Hall–Kier alpha value is -4.20. The highest BCUT2D eigenvalue weighted by Gasteiger charge is 2.13. The Balaban J connectivity index is 1.48. The van der Waals surface area contributed by atoms with Crippen molar-refractivity contribution >= 4 is 11.6 Å². The number of nitrogens with one attached hydrogen (secondary N) is 1. The maximum atomic E-state index is 12.8. The molecule has 0 unspecified atom stereocenters. The van der Waals surface area contributed by atoms with Crippen molar-refractivity contribution in [3.63, 3.8) is 0 Å². The normalized spacial score (nSPS) is 10.5. The minimum absolute atomic E-state index is 0.263. The van der Waals surface area contributed by atoms with E-state index in [1.54, 1.807) is 43.1 Å². The molecule has 3 aromatic carbocycles. The van der Waals surface area contributed by atoms with Gasteiger partial charge in [-0.2, -0.15) is 0 Å². The summed E-state index contributed by atoms with van der Waals surface area (Å²) in [6.07, 6.45) is 0. The average molecular weight is 415 g/mol. The number of hydrogen-bond acceptors (Lipinski definition) is 6. The zero-order valence-electron chi connectivity index (χ0n) is 17.1. The van der Waals surface area contributed by atoms with Gasteiger partial charge in [0.2, 0.25) is 0 Å². The summed E-state index contributed by atoms with van der Waals surface area (Å²) in [5, 5.41) is 14.4. The number of tetrazole rings is 1. The summed E-state index contributed by atoms with van der Waals surface area (Å²) in [6.45, 7) is 0.409. The predicted octanol–water partition coefficient (Wildman–Crippen LogP) is 3.72. The van der Waals surface area contributed by atoms with Crippen LogP contribution in [0.25, 0.3) is 11.4 Å². The van der Waals surface area contributed by atoms with Gasteiger partial charge in [-0.3, -0.25) is 4.79 Å². The summed E-state index contributed by atoms with van der Waals surface area (Å²) in [5.41, 5.74) is 2.93. The summed E-state index contributed by atoms with van der Waals surface area (Å²) >= 11 is 0. The van der Waals surface area contributed by atoms with Crippen LogP contribution in [-0.4, -0.2) is 33.2 Å². The second-order valence-electron chi connectivity index (χ2n) is 6.80. The van der Waals surface area contributed by atoms with Crippen molar-refractivity contribution in [2.24, 2.45) is 7.05 Å². The van der Waals surface area contributed by atoms with E-state index >= 15 is 0 Å². The monoisotopic (exact) mass is 415 g/mol. The van der Waals surface area contributed by atoms with Gasteiger partial charge >= 0.3 is 0 Å². The summed E-state index contributed by atoms with van der Waals surface area (Å²) < 4.78 is 12.9. The number of amides is 1. The highest BCUT2D eigenvalue weighted by atomic mass is 16.5. The van der Waals surface area contributed by atoms with Crippen LogP contribution in [0.5, 0.6) is 11.5 Å². The van der Waals surface area contributed by atoms with Crippen molar-refractivity contribution in [3.8, 4) is 22.9 Å². The zero-order chi connectivity index (χ0) is 21.6. The van der Waals surface area contributed by atoms with E-state index in [4.69, 9.17) is 9.47 Å². The van der Waals surface area contributed by atoms with E-state index in [1.165, 1.54) is 0 Å². The van der Waals surface area contributed by atoms with E-state index in [0.29, 0.717) is 35.2 Å². The van der Waals surface area contributed by atoms with E-state index in [-0.39, 0.29) is 5.91 Å². The molecule has 8 nitrogen and oxygen atoms in total. The molecule has 0 radical (unpaired) electrons. The van der Waals surface area contributed by atoms with Crippen LogP contribution in [0.1, 0.15) is 15.9 Å². The number of aryl methyl sites for hydroxylation is 1. The Morgan fingerprint density at radius 2 is 1.84 bits per heavy atom. The van der Waals surface area contributed by atoms with Crippen molar-refractivity contribution in [2.75, 3.05) is 12.4 Å². The largest absolute Gasteiger partial charge is 0.493 e. The van der Waals surface area contributed by atoms with E-state index < -0.39 is 0 Å². The van der Waals surface area contributed by atoms with Crippen molar-refractivity contribution in [3.05, 3.63) is 83.9 Å². The Bertz CT molecular complexity index is 1190. The standard InChI is InChI=1S/C23H21N5O3/c1-28-22(25-26-27-28)17-9-6-10-19(13-17)24-23(29)18-11-12-20(21(14-18)30-2)31-15-16-7-4-3-5-8-16/h3-14H,15H2,1-2H3,(H,24,29). The maximum Gasteiger partial charge on any atom is 0.255 e. The molecule has 31 heavy (non-hydrogen) atoms. The number of rotatable bonds is 7. The van der Waals surface area contributed by atoms with Crippen LogP contribution < -0.4 is 14.8 Å². The molecule has 4 aromatic rings. The number of ether oxygens (including phenoxy) is 2. The first-order valence-corrected chi connectivity index (χ1v) is 9.63. The lowest BCUT2D eigenvalue weighted by molar-refractivity contribution is 0.102. The van der Waals surface area contributed by atoms with Crippen LogP contribution in [0.15, 0.2) is 72.8 Å². The molecule has 1 amide bonds. The average Bonchev–Trinajstić information content (AvgIpc) is 3.24. The van der Waals surface area contributed by atoms with E-state index in [9.17, 15) is 4.79 Å². The molecule has 0 aliphatic heterocycles. The van der Waals surface area contributed by atoms with Crippen molar-refractivity contribution in [1.82, 2.24) is 20.2 Å². The third-order valence-corrected chi connectivity index (χ3v) is 4.66. The van der Waals surface area contributed by atoms with Gasteiger partial charge in [0.1, 0.15) is 6.61 Å². The smallest absolute Gasteiger partial charge is 0.255 e. The molecular formula is C23H21N5O3. The predicted molar refractivity (Wildman–Crippen MR) is 116 cm³/mol. The van der Waals surface area contributed by atoms with Crippen molar-refractivity contribution in [1.29, 1.82) is 0 Å². The quantitative estimate of drug-likeness (QED) is 0.495. The molecule has 156 valence electrons. The minimum Gasteiger partial charge on any atom is -0.493 e. The van der Waals surface area contributed by atoms with Crippen LogP contribution in [0.2, 0.25) is 0 Å². The summed E-state index contributed by atoms with van der Waals surface area (Å²) in [6, 6.07) is 22.3. The molecule has 0 saturated carbocycles. The summed E-state index contributed by atoms with van der Waals surface area (Å²) in [4.78, 5) is 12.8. The fourth-order valence-corrected chi connectivity index (χ4v) is 3.08. The van der Waals surface area contributed by atoms with Crippen LogP contribution in [-0.2, 0) is 13.7 Å². The molecule has 0 saturated heterocycles. The van der Waals surface area contributed by atoms with Gasteiger partial charge in [0, 0.05) is 23.9 Å². The molecule has 4 rings (SSSR count). The van der Waals surface area contributed by atoms with E-state index in [1.807, 2.05) is 48.5 Å². The van der Waals surface area contributed by atoms with Gasteiger partial charge < -0.3 is 14.8 Å². The number of nitrogens with zero attached hydrogens (tertiary/aromatic N) is 4. The lowest BCUT2D eigenvalue weighted by Crippen LogP contribution is -2.12. The first-order chi connectivity index (χ1) is 15.1. The van der Waals surface area contributed by atoms with Crippen LogP contribution >= 0.6 is 0 Å². The molecule has 1 aromatic heterocycles. The van der Waals surface area contributed by atoms with Crippen molar-refractivity contribution in [2.45, 2.75) is 6.61 Å². The van der Waals surface area contributed by atoms with Gasteiger partial charge in [-0.05, 0) is 46.3 Å². The van der Waals surface area contributed by atoms with Crippen molar-refractivity contribution < 1.29 is 14.3 Å². The molecule has 0 bridgehead atoms. The van der Waals surface area contributed by atoms with Gasteiger partial charge in [-0.15, -0.1) is 5.10 Å². The molecule has 0 aliphatic rings. The Labute approximate surface area is 179 Å². The molecule has 8 heteroatoms. The van der Waals surface area contributed by atoms with Crippen LogP contribution in [0.3, 0.4) is 0 Å². The lowest BCUT2D eigenvalue weighted by Gasteiger charge is -2.13. The number of anilines is 1. The van der Waals surface area contributed by atoms with Gasteiger partial charge in [-0.1, -0.05) is 42.5 Å². The molecule has 0 atom stereocenters. The van der Waals surface area contributed by atoms with Crippen LogP contribution in [0.4, 0.5) is 5.69 Å². The number of hydrogen-bond donors (Lipinski definition) is 1. The number of benzene rings is 3. The molecule has 0 fully saturated rings. The third-order valence-electron chi connectivity index (χ3n) is 4.66.